The Morgan fingerprint density at radius 3 is 2.87 bits per heavy atom. The van der Waals surface area contributed by atoms with Gasteiger partial charge in [0.15, 0.2) is 5.79 Å². The van der Waals surface area contributed by atoms with Gasteiger partial charge in [-0.25, -0.2) is 0 Å². The summed E-state index contributed by atoms with van der Waals surface area (Å²) in [5.74, 6) is 2.88. The van der Waals surface area contributed by atoms with Crippen molar-refractivity contribution >= 4 is 0 Å². The predicted octanol–water partition coefficient (Wildman–Crippen LogP) is 2.35. The molecular weight excluding hydrogens is 188 g/mol. The summed E-state index contributed by atoms with van der Waals surface area (Å²) in [5.41, 5.74) is 1.68. The van der Waals surface area contributed by atoms with E-state index in [1.807, 2.05) is 0 Å². The molecule has 4 rings (SSSR count). The van der Waals surface area contributed by atoms with Crippen LogP contribution in [0.4, 0.5) is 0 Å². The zero-order valence-corrected chi connectivity index (χ0v) is 9.24. The fourth-order valence-electron chi connectivity index (χ4n) is 4.64. The van der Waals surface area contributed by atoms with Crippen LogP contribution in [0.1, 0.15) is 26.2 Å². The van der Waals surface area contributed by atoms with Crippen LogP contribution in [0.15, 0.2) is 11.6 Å². The molecular formula is C13H18O2. The van der Waals surface area contributed by atoms with E-state index in [0.717, 1.165) is 25.0 Å². The highest BCUT2D eigenvalue weighted by Crippen LogP contribution is 2.68. The molecule has 3 aliphatic carbocycles. The molecule has 15 heavy (non-hydrogen) atoms. The molecule has 3 fully saturated rings. The van der Waals surface area contributed by atoms with E-state index in [4.69, 9.17) is 9.47 Å². The third kappa shape index (κ3) is 0.818. The highest BCUT2D eigenvalue weighted by molar-refractivity contribution is 5.31. The van der Waals surface area contributed by atoms with Gasteiger partial charge in [0.1, 0.15) is 0 Å². The van der Waals surface area contributed by atoms with Crippen LogP contribution in [0.3, 0.4) is 0 Å². The molecule has 0 aromatic heterocycles. The maximum absolute atomic E-state index is 5.95. The lowest BCUT2D eigenvalue weighted by molar-refractivity contribution is -0.298. The Morgan fingerprint density at radius 1 is 1.33 bits per heavy atom. The number of hydrogen-bond acceptors (Lipinski definition) is 2. The van der Waals surface area contributed by atoms with Crippen molar-refractivity contribution in [1.82, 2.24) is 0 Å². The summed E-state index contributed by atoms with van der Waals surface area (Å²) in [5, 5.41) is 0. The van der Waals surface area contributed by atoms with Crippen molar-refractivity contribution in [3.63, 3.8) is 0 Å². The van der Waals surface area contributed by atoms with Crippen molar-refractivity contribution in [1.29, 1.82) is 0 Å². The number of allylic oxidation sites excluding steroid dienone is 1. The molecule has 2 nitrogen and oxygen atoms in total. The second-order valence-corrected chi connectivity index (χ2v) is 5.41. The van der Waals surface area contributed by atoms with E-state index in [-0.39, 0.29) is 5.79 Å². The summed E-state index contributed by atoms with van der Waals surface area (Å²) in [4.78, 5) is 0. The molecule has 0 radical (unpaired) electrons. The molecule has 4 unspecified atom stereocenters. The van der Waals surface area contributed by atoms with Crippen molar-refractivity contribution in [3.8, 4) is 0 Å². The first kappa shape index (κ1) is 8.77. The minimum Gasteiger partial charge on any atom is -0.347 e. The minimum absolute atomic E-state index is 0.170. The summed E-state index contributed by atoms with van der Waals surface area (Å²) >= 11 is 0. The molecule has 0 N–H and O–H groups in total. The van der Waals surface area contributed by atoms with Crippen LogP contribution in [-0.4, -0.2) is 19.0 Å². The molecule has 1 saturated heterocycles. The molecule has 0 amide bonds. The standard InChI is InChI=1S/C13H18O2/c1-2-8-7-11-12-9(8)3-4-10(12)13(11)14-5-6-15-13/h7,9-12H,2-6H2,1H3. The first-order chi connectivity index (χ1) is 7.37. The topological polar surface area (TPSA) is 18.5 Å². The highest BCUT2D eigenvalue weighted by atomic mass is 16.7. The Morgan fingerprint density at radius 2 is 2.13 bits per heavy atom. The zero-order valence-electron chi connectivity index (χ0n) is 9.24. The molecule has 4 aliphatic rings. The van der Waals surface area contributed by atoms with Crippen LogP contribution >= 0.6 is 0 Å². The van der Waals surface area contributed by atoms with Gasteiger partial charge >= 0.3 is 0 Å². The van der Waals surface area contributed by atoms with Crippen LogP contribution in [0, 0.1) is 23.7 Å². The van der Waals surface area contributed by atoms with Crippen molar-refractivity contribution in [2.45, 2.75) is 32.0 Å². The summed E-state index contributed by atoms with van der Waals surface area (Å²) < 4.78 is 11.9. The first-order valence-electron chi connectivity index (χ1n) is 6.35. The monoisotopic (exact) mass is 206 g/mol. The summed E-state index contributed by atoms with van der Waals surface area (Å²) in [7, 11) is 0. The Bertz CT molecular complexity index is 327. The van der Waals surface area contributed by atoms with Crippen LogP contribution in [-0.2, 0) is 9.47 Å². The van der Waals surface area contributed by atoms with E-state index in [0.29, 0.717) is 11.8 Å². The summed E-state index contributed by atoms with van der Waals surface area (Å²) in [6.07, 6.45) is 6.40. The van der Waals surface area contributed by atoms with Gasteiger partial charge in [-0.05, 0) is 31.1 Å². The van der Waals surface area contributed by atoms with Crippen molar-refractivity contribution in [3.05, 3.63) is 11.6 Å². The van der Waals surface area contributed by atoms with Gasteiger partial charge in [0, 0.05) is 11.8 Å². The van der Waals surface area contributed by atoms with E-state index in [1.54, 1.807) is 5.57 Å². The quantitative estimate of drug-likeness (QED) is 0.613. The zero-order chi connectivity index (χ0) is 10.0. The van der Waals surface area contributed by atoms with Crippen LogP contribution < -0.4 is 0 Å². The van der Waals surface area contributed by atoms with Crippen molar-refractivity contribution < 1.29 is 9.47 Å². The Labute approximate surface area is 90.6 Å². The largest absolute Gasteiger partial charge is 0.347 e. The summed E-state index contributed by atoms with van der Waals surface area (Å²) in [6.45, 7) is 3.90. The number of hydrogen-bond donors (Lipinski definition) is 0. The second-order valence-electron chi connectivity index (χ2n) is 5.41. The average Bonchev–Trinajstić information content (AvgIpc) is 2.89. The number of ether oxygens (including phenoxy) is 2. The fourth-order valence-corrected chi connectivity index (χ4v) is 4.64. The Kier molecular flexibility index (Phi) is 1.56. The Balaban J connectivity index is 1.74. The normalized spacial score (nSPS) is 49.3. The molecule has 2 heteroatoms. The lowest BCUT2D eigenvalue weighted by atomic mass is 9.61. The van der Waals surface area contributed by atoms with E-state index < -0.39 is 0 Å². The van der Waals surface area contributed by atoms with E-state index in [9.17, 15) is 0 Å². The maximum atomic E-state index is 5.95. The number of fused-ring (bicyclic) bond motifs is 2. The molecule has 1 spiro atoms. The smallest absolute Gasteiger partial charge is 0.178 e. The van der Waals surface area contributed by atoms with Gasteiger partial charge in [0.2, 0.25) is 0 Å². The average molecular weight is 206 g/mol. The SMILES string of the molecule is CCC1=CC2C3C1CCC3C21OCCO1. The lowest BCUT2D eigenvalue weighted by Crippen LogP contribution is -2.60. The van der Waals surface area contributed by atoms with Crippen LogP contribution in [0.25, 0.3) is 0 Å². The first-order valence-corrected chi connectivity index (χ1v) is 6.35. The van der Waals surface area contributed by atoms with E-state index >= 15 is 0 Å². The molecule has 0 bridgehead atoms. The molecule has 1 heterocycles. The minimum atomic E-state index is -0.170. The number of rotatable bonds is 1. The third-order valence-corrected chi connectivity index (χ3v) is 5.13. The van der Waals surface area contributed by atoms with Gasteiger partial charge in [-0.2, -0.15) is 0 Å². The second kappa shape index (κ2) is 2.67. The van der Waals surface area contributed by atoms with E-state index in [2.05, 4.69) is 13.0 Å². The molecule has 82 valence electrons. The Hall–Kier alpha value is -0.340. The molecule has 1 aliphatic heterocycles. The van der Waals surface area contributed by atoms with Gasteiger partial charge in [-0.15, -0.1) is 0 Å². The van der Waals surface area contributed by atoms with Crippen LogP contribution in [0.5, 0.6) is 0 Å². The highest BCUT2D eigenvalue weighted by Gasteiger charge is 2.70. The van der Waals surface area contributed by atoms with Gasteiger partial charge in [-0.3, -0.25) is 0 Å². The molecule has 4 atom stereocenters. The van der Waals surface area contributed by atoms with E-state index in [1.165, 1.54) is 19.3 Å². The summed E-state index contributed by atoms with van der Waals surface area (Å²) in [6, 6.07) is 0. The van der Waals surface area contributed by atoms with Gasteiger partial charge in [-0.1, -0.05) is 18.6 Å². The van der Waals surface area contributed by atoms with Crippen molar-refractivity contribution in [2.75, 3.05) is 13.2 Å². The van der Waals surface area contributed by atoms with Gasteiger partial charge < -0.3 is 9.47 Å². The molecule has 2 saturated carbocycles. The fraction of sp³-hybridized carbons (Fsp3) is 0.846. The molecule has 0 aromatic rings. The van der Waals surface area contributed by atoms with Gasteiger partial charge in [0.25, 0.3) is 0 Å². The van der Waals surface area contributed by atoms with Crippen molar-refractivity contribution in [2.24, 2.45) is 23.7 Å². The third-order valence-electron chi connectivity index (χ3n) is 5.13. The predicted molar refractivity (Wildman–Crippen MR) is 56.2 cm³/mol. The van der Waals surface area contributed by atoms with Crippen LogP contribution in [0.2, 0.25) is 0 Å². The molecule has 0 aromatic carbocycles. The maximum Gasteiger partial charge on any atom is 0.178 e. The lowest BCUT2D eigenvalue weighted by Gasteiger charge is -2.53. The van der Waals surface area contributed by atoms with Gasteiger partial charge in [0.05, 0.1) is 13.2 Å².